The van der Waals surface area contributed by atoms with Gasteiger partial charge in [-0.15, -0.1) is 0 Å². The number of aryl methyl sites for hydroxylation is 1. The molecular formula is C15H21NO4S. The number of hydrogen-bond donors (Lipinski definition) is 1. The van der Waals surface area contributed by atoms with Crippen molar-refractivity contribution in [1.29, 1.82) is 0 Å². The number of piperidine rings is 1. The van der Waals surface area contributed by atoms with E-state index in [9.17, 15) is 13.2 Å². The van der Waals surface area contributed by atoms with Crippen LogP contribution in [0.15, 0.2) is 23.1 Å². The lowest BCUT2D eigenvalue weighted by molar-refractivity contribution is 0.0696. The Morgan fingerprint density at radius 2 is 1.81 bits per heavy atom. The predicted molar refractivity (Wildman–Crippen MR) is 79.9 cm³/mol. The van der Waals surface area contributed by atoms with E-state index in [1.807, 2.05) is 13.8 Å². The summed E-state index contributed by atoms with van der Waals surface area (Å²) in [5.41, 5.74) is 0.592. The Labute approximate surface area is 125 Å². The van der Waals surface area contributed by atoms with E-state index in [2.05, 4.69) is 0 Å². The summed E-state index contributed by atoms with van der Waals surface area (Å²) in [7, 11) is -3.66. The second kappa shape index (κ2) is 5.77. The van der Waals surface area contributed by atoms with E-state index in [0.717, 1.165) is 19.3 Å². The van der Waals surface area contributed by atoms with Gasteiger partial charge in [-0.3, -0.25) is 0 Å². The zero-order valence-electron chi connectivity index (χ0n) is 12.5. The van der Waals surface area contributed by atoms with E-state index >= 15 is 0 Å². The maximum Gasteiger partial charge on any atom is 0.335 e. The molecule has 1 N–H and O–H groups in total. The molecule has 21 heavy (non-hydrogen) atoms. The first-order chi connectivity index (χ1) is 9.75. The third-order valence-corrected chi connectivity index (χ3v) is 6.25. The van der Waals surface area contributed by atoms with E-state index in [1.54, 1.807) is 13.0 Å². The van der Waals surface area contributed by atoms with Crippen molar-refractivity contribution in [3.63, 3.8) is 0 Å². The summed E-state index contributed by atoms with van der Waals surface area (Å²) < 4.78 is 27.2. The van der Waals surface area contributed by atoms with Crippen molar-refractivity contribution in [2.75, 3.05) is 0 Å². The Bertz CT molecular complexity index is 644. The number of aromatic carboxylic acids is 1. The summed E-state index contributed by atoms with van der Waals surface area (Å²) in [6.07, 6.45) is 2.69. The Kier molecular flexibility index (Phi) is 4.39. The molecule has 5 nitrogen and oxygen atoms in total. The van der Waals surface area contributed by atoms with E-state index in [0.29, 0.717) is 5.56 Å². The fraction of sp³-hybridized carbons (Fsp3) is 0.533. The van der Waals surface area contributed by atoms with Crippen molar-refractivity contribution in [1.82, 2.24) is 4.31 Å². The number of sulfonamides is 1. The maximum atomic E-state index is 12.8. The molecule has 1 heterocycles. The smallest absolute Gasteiger partial charge is 0.335 e. The quantitative estimate of drug-likeness (QED) is 0.931. The van der Waals surface area contributed by atoms with Crippen molar-refractivity contribution >= 4 is 16.0 Å². The van der Waals surface area contributed by atoms with Crippen LogP contribution in [0.4, 0.5) is 0 Å². The maximum absolute atomic E-state index is 12.8. The molecule has 0 aromatic heterocycles. The number of carboxylic acid groups (broad SMARTS) is 1. The predicted octanol–water partition coefficient (Wildman–Crippen LogP) is 2.64. The van der Waals surface area contributed by atoms with Crippen LogP contribution < -0.4 is 0 Å². The van der Waals surface area contributed by atoms with Gasteiger partial charge in [-0.25, -0.2) is 13.2 Å². The zero-order valence-corrected chi connectivity index (χ0v) is 13.4. The SMILES string of the molecule is Cc1ccc(S(=O)(=O)N2C(C)CCCC2C)cc1C(=O)O. The first-order valence-corrected chi connectivity index (χ1v) is 8.56. The minimum Gasteiger partial charge on any atom is -0.478 e. The number of carboxylic acids is 1. The first-order valence-electron chi connectivity index (χ1n) is 7.12. The molecule has 0 saturated carbocycles. The molecule has 1 aliphatic heterocycles. The third kappa shape index (κ3) is 2.96. The molecule has 0 spiro atoms. The lowest BCUT2D eigenvalue weighted by Crippen LogP contribution is -2.47. The summed E-state index contributed by atoms with van der Waals surface area (Å²) in [6.45, 7) is 5.46. The van der Waals surface area contributed by atoms with E-state index in [-0.39, 0.29) is 22.5 Å². The number of rotatable bonds is 3. The molecule has 2 rings (SSSR count). The number of carbonyl (C=O) groups is 1. The van der Waals surface area contributed by atoms with Crippen LogP contribution in [0.25, 0.3) is 0 Å². The van der Waals surface area contributed by atoms with Gasteiger partial charge >= 0.3 is 5.97 Å². The van der Waals surface area contributed by atoms with Gasteiger partial charge in [0.25, 0.3) is 0 Å². The number of nitrogens with zero attached hydrogens (tertiary/aromatic N) is 1. The summed E-state index contributed by atoms with van der Waals surface area (Å²) in [4.78, 5) is 11.3. The standard InChI is InChI=1S/C15H21NO4S/c1-10-7-8-13(9-14(10)15(17)18)21(19,20)16-11(2)5-4-6-12(16)3/h7-9,11-12H,4-6H2,1-3H3,(H,17,18). The van der Waals surface area contributed by atoms with Crippen molar-refractivity contribution < 1.29 is 18.3 Å². The van der Waals surface area contributed by atoms with Crippen LogP contribution >= 0.6 is 0 Å². The van der Waals surface area contributed by atoms with Gasteiger partial charge in [0.2, 0.25) is 10.0 Å². The monoisotopic (exact) mass is 311 g/mol. The molecule has 0 aliphatic carbocycles. The van der Waals surface area contributed by atoms with Gasteiger partial charge < -0.3 is 5.11 Å². The van der Waals surface area contributed by atoms with Crippen molar-refractivity contribution in [2.45, 2.75) is 57.0 Å². The normalized spacial score (nSPS) is 24.0. The minimum absolute atomic E-state index is 0.0355. The van der Waals surface area contributed by atoms with Crippen molar-refractivity contribution in [3.8, 4) is 0 Å². The van der Waals surface area contributed by atoms with Crippen LogP contribution in [0.2, 0.25) is 0 Å². The lowest BCUT2D eigenvalue weighted by Gasteiger charge is -2.37. The van der Waals surface area contributed by atoms with Gasteiger partial charge in [-0.2, -0.15) is 4.31 Å². The van der Waals surface area contributed by atoms with Crippen LogP contribution in [0.1, 0.15) is 49.0 Å². The summed E-state index contributed by atoms with van der Waals surface area (Å²) >= 11 is 0. The Morgan fingerprint density at radius 3 is 2.33 bits per heavy atom. The van der Waals surface area contributed by atoms with E-state index in [4.69, 9.17) is 5.11 Å². The van der Waals surface area contributed by atoms with Crippen LogP contribution in [-0.2, 0) is 10.0 Å². The second-order valence-corrected chi connectivity index (χ2v) is 7.59. The van der Waals surface area contributed by atoms with Gasteiger partial charge in [-0.05, 0) is 51.3 Å². The molecule has 116 valence electrons. The lowest BCUT2D eigenvalue weighted by atomic mass is 10.0. The fourth-order valence-corrected chi connectivity index (χ4v) is 4.89. The summed E-state index contributed by atoms with van der Waals surface area (Å²) in [6, 6.07) is 4.18. The zero-order chi connectivity index (χ0) is 15.8. The Hall–Kier alpha value is -1.40. The average molecular weight is 311 g/mol. The van der Waals surface area contributed by atoms with Gasteiger partial charge in [-0.1, -0.05) is 12.5 Å². The largest absolute Gasteiger partial charge is 0.478 e. The van der Waals surface area contributed by atoms with Crippen molar-refractivity contribution in [3.05, 3.63) is 29.3 Å². The molecule has 1 aromatic carbocycles. The van der Waals surface area contributed by atoms with E-state index < -0.39 is 16.0 Å². The molecule has 0 radical (unpaired) electrons. The van der Waals surface area contributed by atoms with Gasteiger partial charge in [0, 0.05) is 12.1 Å². The van der Waals surface area contributed by atoms with Crippen LogP contribution in [0.5, 0.6) is 0 Å². The topological polar surface area (TPSA) is 74.7 Å². The first kappa shape index (κ1) is 16.0. The molecule has 0 bridgehead atoms. The molecule has 1 aromatic rings. The van der Waals surface area contributed by atoms with Crippen LogP contribution in [-0.4, -0.2) is 35.9 Å². The molecule has 0 amide bonds. The molecule has 1 saturated heterocycles. The van der Waals surface area contributed by atoms with Crippen LogP contribution in [0, 0.1) is 6.92 Å². The highest BCUT2D eigenvalue weighted by molar-refractivity contribution is 7.89. The molecule has 2 atom stereocenters. The molecular weight excluding hydrogens is 290 g/mol. The van der Waals surface area contributed by atoms with Crippen molar-refractivity contribution in [2.24, 2.45) is 0 Å². The highest BCUT2D eigenvalue weighted by Crippen LogP contribution is 2.30. The Morgan fingerprint density at radius 1 is 1.24 bits per heavy atom. The summed E-state index contributed by atoms with van der Waals surface area (Å²) in [5.74, 6) is -1.11. The van der Waals surface area contributed by atoms with E-state index in [1.165, 1.54) is 16.4 Å². The number of benzene rings is 1. The minimum atomic E-state index is -3.66. The second-order valence-electron chi connectivity index (χ2n) is 5.75. The molecule has 1 fully saturated rings. The van der Waals surface area contributed by atoms with Crippen LogP contribution in [0.3, 0.4) is 0 Å². The highest BCUT2D eigenvalue weighted by atomic mass is 32.2. The van der Waals surface area contributed by atoms with Gasteiger partial charge in [0.15, 0.2) is 0 Å². The van der Waals surface area contributed by atoms with Gasteiger partial charge in [0.05, 0.1) is 10.5 Å². The fourth-order valence-electron chi connectivity index (χ4n) is 2.99. The molecule has 2 unspecified atom stereocenters. The van der Waals surface area contributed by atoms with Gasteiger partial charge in [0.1, 0.15) is 0 Å². The molecule has 6 heteroatoms. The highest BCUT2D eigenvalue weighted by Gasteiger charge is 2.35. The molecule has 1 aliphatic rings. The average Bonchev–Trinajstić information content (AvgIpc) is 2.38. The Balaban J connectivity index is 2.48. The third-order valence-electron chi connectivity index (χ3n) is 4.13. The summed E-state index contributed by atoms with van der Waals surface area (Å²) in [5, 5.41) is 9.16. The number of hydrogen-bond acceptors (Lipinski definition) is 3.